The van der Waals surface area contributed by atoms with Crippen LogP contribution in [0.3, 0.4) is 0 Å². The van der Waals surface area contributed by atoms with Crippen molar-refractivity contribution < 1.29 is 8.42 Å². The van der Waals surface area contributed by atoms with Gasteiger partial charge in [-0.15, -0.1) is 0 Å². The molecule has 0 spiro atoms. The van der Waals surface area contributed by atoms with Crippen molar-refractivity contribution in [2.75, 3.05) is 5.75 Å². The van der Waals surface area contributed by atoms with Crippen LogP contribution in [0.15, 0.2) is 0 Å². The van der Waals surface area contributed by atoms with Gasteiger partial charge in [0.25, 0.3) is 0 Å². The van der Waals surface area contributed by atoms with Crippen molar-refractivity contribution in [1.29, 1.82) is 0 Å². The van der Waals surface area contributed by atoms with Gasteiger partial charge in [-0.25, -0.2) is 8.42 Å². The van der Waals surface area contributed by atoms with E-state index in [0.29, 0.717) is 5.75 Å². The highest BCUT2D eigenvalue weighted by Crippen LogP contribution is 2.29. The van der Waals surface area contributed by atoms with Gasteiger partial charge < -0.3 is 0 Å². The van der Waals surface area contributed by atoms with Crippen LogP contribution in [0, 0.1) is 5.92 Å². The highest BCUT2D eigenvalue weighted by atomic mass is 32.2. The lowest BCUT2D eigenvalue weighted by Crippen LogP contribution is -2.33. The summed E-state index contributed by atoms with van der Waals surface area (Å²) in [6.45, 7) is 5.35. The summed E-state index contributed by atoms with van der Waals surface area (Å²) in [4.78, 5) is 0. The van der Waals surface area contributed by atoms with Crippen LogP contribution in [0.25, 0.3) is 0 Å². The van der Waals surface area contributed by atoms with E-state index in [1.54, 1.807) is 20.8 Å². The van der Waals surface area contributed by atoms with Crippen LogP contribution in [-0.2, 0) is 9.84 Å². The number of hydrogen-bond donors (Lipinski definition) is 0. The van der Waals surface area contributed by atoms with E-state index in [1.807, 2.05) is 0 Å². The topological polar surface area (TPSA) is 34.1 Å². The molecule has 1 saturated carbocycles. The Bertz CT molecular complexity index is 266. The van der Waals surface area contributed by atoms with Crippen LogP contribution in [0.5, 0.6) is 0 Å². The largest absolute Gasteiger partial charge is 0.228 e. The summed E-state index contributed by atoms with van der Waals surface area (Å²) in [6.07, 6.45) is 5.66. The molecule has 0 N–H and O–H groups in total. The van der Waals surface area contributed by atoms with Crippen LogP contribution < -0.4 is 0 Å². The SMILES string of the molecule is CC(C)(C)S(=O)(=O)C[C]1CCCCC1. The van der Waals surface area contributed by atoms with Crippen molar-refractivity contribution in [3.8, 4) is 0 Å². The van der Waals surface area contributed by atoms with E-state index in [1.165, 1.54) is 25.2 Å². The van der Waals surface area contributed by atoms with Gasteiger partial charge in [0.15, 0.2) is 9.84 Å². The lowest BCUT2D eigenvalue weighted by molar-refractivity contribution is 0.521. The molecule has 1 fully saturated rings. The Labute approximate surface area is 88.0 Å². The van der Waals surface area contributed by atoms with Crippen molar-refractivity contribution in [3.63, 3.8) is 0 Å². The summed E-state index contributed by atoms with van der Waals surface area (Å²) in [7, 11) is -2.93. The molecule has 0 heterocycles. The van der Waals surface area contributed by atoms with Gasteiger partial charge in [-0.3, -0.25) is 0 Å². The lowest BCUT2D eigenvalue weighted by Gasteiger charge is -2.25. The van der Waals surface area contributed by atoms with E-state index in [4.69, 9.17) is 0 Å². The normalized spacial score (nSPS) is 21.1. The summed E-state index contributed by atoms with van der Waals surface area (Å²) < 4.78 is 23.2. The molecule has 0 aliphatic heterocycles. The monoisotopic (exact) mass is 217 g/mol. The molecule has 3 heteroatoms. The molecule has 83 valence electrons. The van der Waals surface area contributed by atoms with Crippen LogP contribution in [0.1, 0.15) is 52.9 Å². The maximum absolute atomic E-state index is 11.9. The van der Waals surface area contributed by atoms with Crippen molar-refractivity contribution in [2.24, 2.45) is 0 Å². The van der Waals surface area contributed by atoms with Gasteiger partial charge in [0.2, 0.25) is 0 Å². The third-order valence-electron chi connectivity index (χ3n) is 2.89. The second-order valence-electron chi connectivity index (χ2n) is 5.18. The third kappa shape index (κ3) is 2.97. The summed E-state index contributed by atoms with van der Waals surface area (Å²) in [5.74, 6) is 1.56. The Hall–Kier alpha value is -0.0500. The minimum Gasteiger partial charge on any atom is -0.228 e. The van der Waals surface area contributed by atoms with Crippen LogP contribution in [0.4, 0.5) is 0 Å². The maximum Gasteiger partial charge on any atom is 0.155 e. The molecule has 14 heavy (non-hydrogen) atoms. The summed E-state index contributed by atoms with van der Waals surface area (Å²) in [6, 6.07) is 0. The van der Waals surface area contributed by atoms with Crippen molar-refractivity contribution >= 4 is 9.84 Å². The van der Waals surface area contributed by atoms with Gasteiger partial charge in [-0.2, -0.15) is 0 Å². The molecular formula is C11H21O2S. The highest BCUT2D eigenvalue weighted by molar-refractivity contribution is 7.92. The van der Waals surface area contributed by atoms with Crippen LogP contribution in [0.2, 0.25) is 0 Å². The molecule has 1 rings (SSSR count). The fourth-order valence-electron chi connectivity index (χ4n) is 1.68. The van der Waals surface area contributed by atoms with Gasteiger partial charge in [0, 0.05) is 0 Å². The molecule has 0 aromatic carbocycles. The summed E-state index contributed by atoms with van der Waals surface area (Å²) in [5.41, 5.74) is 0. The third-order valence-corrected chi connectivity index (χ3v) is 5.54. The Morgan fingerprint density at radius 2 is 1.57 bits per heavy atom. The van der Waals surface area contributed by atoms with E-state index in [-0.39, 0.29) is 0 Å². The Morgan fingerprint density at radius 3 is 2.00 bits per heavy atom. The second kappa shape index (κ2) is 4.21. The zero-order chi connectivity index (χ0) is 10.8. The lowest BCUT2D eigenvalue weighted by atomic mass is 9.91. The molecule has 0 saturated heterocycles. The van der Waals surface area contributed by atoms with E-state index in [2.05, 4.69) is 0 Å². The van der Waals surface area contributed by atoms with Gasteiger partial charge in [-0.1, -0.05) is 19.3 Å². The van der Waals surface area contributed by atoms with E-state index in [9.17, 15) is 8.42 Å². The number of rotatable bonds is 2. The Balaban J connectivity index is 2.58. The zero-order valence-corrected chi connectivity index (χ0v) is 10.3. The molecule has 0 unspecified atom stereocenters. The summed E-state index contributed by atoms with van der Waals surface area (Å²) in [5, 5.41) is 0. The first-order valence-corrected chi connectivity index (χ1v) is 7.04. The molecule has 0 amide bonds. The van der Waals surface area contributed by atoms with E-state index in [0.717, 1.165) is 12.8 Å². The number of hydrogen-bond acceptors (Lipinski definition) is 2. The first-order chi connectivity index (χ1) is 6.33. The molecule has 0 bridgehead atoms. The van der Waals surface area contributed by atoms with Crippen LogP contribution >= 0.6 is 0 Å². The molecule has 2 nitrogen and oxygen atoms in total. The fraction of sp³-hybridized carbons (Fsp3) is 0.909. The predicted octanol–water partition coefficient (Wildman–Crippen LogP) is 2.74. The van der Waals surface area contributed by atoms with Crippen molar-refractivity contribution in [2.45, 2.75) is 57.6 Å². The van der Waals surface area contributed by atoms with Crippen molar-refractivity contribution in [3.05, 3.63) is 5.92 Å². The molecule has 1 aliphatic carbocycles. The second-order valence-corrected chi connectivity index (χ2v) is 7.93. The summed E-state index contributed by atoms with van der Waals surface area (Å²) >= 11 is 0. The molecule has 1 aliphatic rings. The smallest absolute Gasteiger partial charge is 0.155 e. The highest BCUT2D eigenvalue weighted by Gasteiger charge is 2.32. The molecule has 0 aromatic rings. The van der Waals surface area contributed by atoms with Crippen LogP contribution in [-0.4, -0.2) is 18.9 Å². The van der Waals surface area contributed by atoms with Gasteiger partial charge >= 0.3 is 0 Å². The predicted molar refractivity (Wildman–Crippen MR) is 59.9 cm³/mol. The maximum atomic E-state index is 11.9. The minimum absolute atomic E-state index is 0.316. The molecule has 0 aromatic heterocycles. The van der Waals surface area contributed by atoms with E-state index < -0.39 is 14.6 Å². The Morgan fingerprint density at radius 1 is 1.07 bits per heavy atom. The first-order valence-electron chi connectivity index (χ1n) is 5.39. The quantitative estimate of drug-likeness (QED) is 0.712. The average Bonchev–Trinajstić information content (AvgIpc) is 2.03. The van der Waals surface area contributed by atoms with Gasteiger partial charge in [0.1, 0.15) is 0 Å². The van der Waals surface area contributed by atoms with Gasteiger partial charge in [0.05, 0.1) is 10.5 Å². The fourth-order valence-corrected chi connectivity index (χ4v) is 2.94. The number of sulfone groups is 1. The molecule has 0 atom stereocenters. The van der Waals surface area contributed by atoms with Gasteiger partial charge in [-0.05, 0) is 39.5 Å². The van der Waals surface area contributed by atoms with E-state index >= 15 is 0 Å². The molecular weight excluding hydrogens is 196 g/mol. The average molecular weight is 217 g/mol. The zero-order valence-electron chi connectivity index (χ0n) is 9.47. The molecule has 1 radical (unpaired) electrons. The minimum atomic E-state index is -2.93. The van der Waals surface area contributed by atoms with Crippen molar-refractivity contribution in [1.82, 2.24) is 0 Å². The Kier molecular flexibility index (Phi) is 3.62. The first kappa shape index (κ1) is 12.0. The standard InChI is InChI=1S/C11H21O2S/c1-11(2,3)14(12,13)9-10-7-5-4-6-8-10/h4-9H2,1-3H3.